The highest BCUT2D eigenvalue weighted by Crippen LogP contribution is 2.35. The average Bonchev–Trinajstić information content (AvgIpc) is 4.07. The Balaban J connectivity index is 0.000000230. The molecule has 0 fully saturated rings. The third-order valence-corrected chi connectivity index (χ3v) is 10.2. The zero-order chi connectivity index (χ0) is 46.0. The predicted octanol–water partition coefficient (Wildman–Crippen LogP) is 10.6. The number of carbonyl (C=O) groups is 3. The highest BCUT2D eigenvalue weighted by molar-refractivity contribution is 6.07. The number of carbonyl (C=O) groups excluding carboxylic acids is 3. The van der Waals surface area contributed by atoms with E-state index in [1.807, 2.05) is 105 Å². The Morgan fingerprint density at radius 3 is 1.85 bits per heavy atom. The molecule has 4 aromatic carbocycles. The summed E-state index contributed by atoms with van der Waals surface area (Å²) >= 11 is 0. The standard InChI is InChI=1S/C33H33N5O4.C17H19N5O/c1-21(2)30-19-32(38(37-30)24-11-9-22(3)10-12-24)36-33(40)35-29-13-14-31(28-8-6-5-7-27(28)29)42-26-15-16-34-23(18-26)17-25(39)20-41-4;1-12(2)15-10-16(19-17(23)21-9-8-18-11-21)22(20-15)14-6-4-13(3)5-7-14/h5-16,18-19,21H,17,20H2,1-4H3,(H2,35,36,40);4-12H,1-3H3,(H,19,23). The van der Waals surface area contributed by atoms with Gasteiger partial charge in [0.25, 0.3) is 0 Å². The molecule has 3 amide bonds. The van der Waals surface area contributed by atoms with Gasteiger partial charge in [-0.3, -0.25) is 25.0 Å². The molecule has 15 heteroatoms. The number of urea groups is 1. The van der Waals surface area contributed by atoms with Gasteiger partial charge in [-0.15, -0.1) is 0 Å². The number of ketones is 1. The van der Waals surface area contributed by atoms with Crippen LogP contribution in [0.1, 0.15) is 67.7 Å². The molecule has 0 saturated heterocycles. The van der Waals surface area contributed by atoms with Crippen LogP contribution in [0, 0.1) is 13.8 Å². The first-order valence-electron chi connectivity index (χ1n) is 21.2. The highest BCUT2D eigenvalue weighted by Gasteiger charge is 2.18. The lowest BCUT2D eigenvalue weighted by molar-refractivity contribution is -0.122. The molecule has 0 saturated carbocycles. The summed E-state index contributed by atoms with van der Waals surface area (Å²) in [5, 5.41) is 19.8. The number of rotatable bonds is 13. The van der Waals surface area contributed by atoms with Crippen molar-refractivity contribution in [1.82, 2.24) is 34.1 Å². The van der Waals surface area contributed by atoms with Crippen LogP contribution in [0.2, 0.25) is 0 Å². The number of hydrogen-bond acceptors (Lipinski definition) is 9. The summed E-state index contributed by atoms with van der Waals surface area (Å²) in [7, 11) is 1.49. The average molecular weight is 873 g/mol. The van der Waals surface area contributed by atoms with Gasteiger partial charge in [0, 0.05) is 54.7 Å². The molecule has 0 radical (unpaired) electrons. The Morgan fingerprint density at radius 2 is 1.28 bits per heavy atom. The minimum atomic E-state index is -0.392. The second-order valence-corrected chi connectivity index (χ2v) is 16.1. The number of ether oxygens (including phenoxy) is 2. The van der Waals surface area contributed by atoms with Gasteiger partial charge in [-0.25, -0.2) is 23.9 Å². The van der Waals surface area contributed by atoms with Crippen molar-refractivity contribution < 1.29 is 23.9 Å². The van der Waals surface area contributed by atoms with Crippen molar-refractivity contribution in [2.75, 3.05) is 29.7 Å². The number of aromatic nitrogens is 7. The molecule has 0 aliphatic carbocycles. The number of anilines is 3. The maximum Gasteiger partial charge on any atom is 0.332 e. The Labute approximate surface area is 377 Å². The summed E-state index contributed by atoms with van der Waals surface area (Å²) < 4.78 is 16.0. The van der Waals surface area contributed by atoms with Crippen LogP contribution < -0.4 is 20.7 Å². The number of fused-ring (bicyclic) bond motifs is 1. The predicted molar refractivity (Wildman–Crippen MR) is 253 cm³/mol. The van der Waals surface area contributed by atoms with E-state index >= 15 is 0 Å². The van der Waals surface area contributed by atoms with Crippen LogP contribution in [0.15, 0.2) is 134 Å². The number of hydrogen-bond donors (Lipinski definition) is 3. The monoisotopic (exact) mass is 872 g/mol. The molecular formula is C50H52N10O5. The number of imidazole rings is 1. The molecule has 3 N–H and O–H groups in total. The Morgan fingerprint density at radius 1 is 0.677 bits per heavy atom. The van der Waals surface area contributed by atoms with E-state index in [1.165, 1.54) is 23.6 Å². The summed E-state index contributed by atoms with van der Waals surface area (Å²) in [5.41, 5.74) is 7.10. The fourth-order valence-corrected chi connectivity index (χ4v) is 6.76. The van der Waals surface area contributed by atoms with Crippen molar-refractivity contribution in [2.45, 2.75) is 59.8 Å². The SMILES string of the molecule is COCC(=O)Cc1cc(Oc2ccc(NC(=O)Nc3cc(C(C)C)nn3-c3ccc(C)cc3)c3ccccc23)ccn1.Cc1ccc(-n2nc(C(C)C)cc2NC(=O)n2ccnc2)cc1. The third-order valence-electron chi connectivity index (χ3n) is 10.2. The van der Waals surface area contributed by atoms with Crippen molar-refractivity contribution in [3.8, 4) is 22.9 Å². The van der Waals surface area contributed by atoms with E-state index in [2.05, 4.69) is 58.7 Å². The quantitative estimate of drug-likeness (QED) is 0.102. The molecule has 4 aromatic heterocycles. The van der Waals surface area contributed by atoms with Gasteiger partial charge in [-0.2, -0.15) is 10.2 Å². The van der Waals surface area contributed by atoms with Crippen LogP contribution >= 0.6 is 0 Å². The molecular weight excluding hydrogens is 821 g/mol. The van der Waals surface area contributed by atoms with Gasteiger partial charge in [0.15, 0.2) is 5.78 Å². The Hall–Kier alpha value is -7.91. The van der Waals surface area contributed by atoms with Crippen molar-refractivity contribution in [3.05, 3.63) is 162 Å². The molecule has 0 aliphatic heterocycles. The van der Waals surface area contributed by atoms with Gasteiger partial charge >= 0.3 is 12.1 Å². The fourth-order valence-electron chi connectivity index (χ4n) is 6.76. The summed E-state index contributed by atoms with van der Waals surface area (Å²) in [4.78, 5) is 45.7. The first kappa shape index (κ1) is 45.1. The maximum atomic E-state index is 13.3. The molecule has 0 aliphatic rings. The number of methoxy groups -OCH3 is 1. The summed E-state index contributed by atoms with van der Waals surface area (Å²) in [5.74, 6) is 2.77. The number of Topliss-reactive ketones (excluding diaryl/α,β-unsaturated/α-hetero) is 1. The second kappa shape index (κ2) is 20.5. The van der Waals surface area contributed by atoms with E-state index in [1.54, 1.807) is 46.2 Å². The molecule has 0 spiro atoms. The lowest BCUT2D eigenvalue weighted by Crippen LogP contribution is -2.21. The van der Waals surface area contributed by atoms with Crippen molar-refractivity contribution in [1.29, 1.82) is 0 Å². The number of benzene rings is 4. The minimum Gasteiger partial charge on any atom is -0.457 e. The van der Waals surface area contributed by atoms with E-state index < -0.39 is 6.03 Å². The number of pyridine rings is 1. The highest BCUT2D eigenvalue weighted by atomic mass is 16.5. The molecule has 65 heavy (non-hydrogen) atoms. The van der Waals surface area contributed by atoms with E-state index in [9.17, 15) is 14.4 Å². The Bertz CT molecular complexity index is 2900. The van der Waals surface area contributed by atoms with E-state index in [-0.39, 0.29) is 36.7 Å². The molecule has 0 bridgehead atoms. The van der Waals surface area contributed by atoms with Gasteiger partial charge in [0.1, 0.15) is 36.1 Å². The first-order chi connectivity index (χ1) is 31.3. The zero-order valence-corrected chi connectivity index (χ0v) is 37.4. The number of nitrogens with one attached hydrogen (secondary N) is 3. The summed E-state index contributed by atoms with van der Waals surface area (Å²) in [6.07, 6.45) is 6.40. The van der Waals surface area contributed by atoms with Crippen molar-refractivity contribution >= 4 is 45.9 Å². The van der Waals surface area contributed by atoms with Crippen molar-refractivity contribution in [2.24, 2.45) is 0 Å². The van der Waals surface area contributed by atoms with Crippen LogP contribution in [0.3, 0.4) is 0 Å². The molecule has 332 valence electrons. The van der Waals surface area contributed by atoms with Crippen LogP contribution in [-0.2, 0) is 16.0 Å². The molecule has 4 heterocycles. The maximum absolute atomic E-state index is 13.3. The van der Waals surface area contributed by atoms with E-state index in [0.717, 1.165) is 39.1 Å². The van der Waals surface area contributed by atoms with Gasteiger partial charge in [-0.1, -0.05) is 87.4 Å². The van der Waals surface area contributed by atoms with Gasteiger partial charge < -0.3 is 14.8 Å². The Kier molecular flexibility index (Phi) is 14.2. The minimum absolute atomic E-state index is 0.0343. The zero-order valence-electron chi connectivity index (χ0n) is 37.4. The lowest BCUT2D eigenvalue weighted by Gasteiger charge is -2.14. The second-order valence-electron chi connectivity index (χ2n) is 16.1. The molecule has 15 nitrogen and oxygen atoms in total. The number of amides is 3. The van der Waals surface area contributed by atoms with Crippen LogP contribution in [0.25, 0.3) is 22.1 Å². The van der Waals surface area contributed by atoms with Crippen LogP contribution in [0.4, 0.5) is 26.9 Å². The van der Waals surface area contributed by atoms with E-state index in [4.69, 9.17) is 14.6 Å². The fraction of sp³-hybridized carbons (Fsp3) is 0.220. The number of aryl methyl sites for hydroxylation is 2. The van der Waals surface area contributed by atoms with Gasteiger partial charge in [-0.05, 0) is 68.1 Å². The molecule has 8 rings (SSSR count). The normalized spacial score (nSPS) is 11.0. The lowest BCUT2D eigenvalue weighted by atomic mass is 10.1. The largest absolute Gasteiger partial charge is 0.457 e. The smallest absolute Gasteiger partial charge is 0.332 e. The van der Waals surface area contributed by atoms with Crippen LogP contribution in [0.5, 0.6) is 11.5 Å². The summed E-state index contributed by atoms with van der Waals surface area (Å²) in [6, 6.07) is 33.9. The van der Waals surface area contributed by atoms with E-state index in [0.29, 0.717) is 34.5 Å². The van der Waals surface area contributed by atoms with Crippen LogP contribution in [-0.4, -0.2) is 65.7 Å². The molecule has 8 aromatic rings. The van der Waals surface area contributed by atoms with Crippen molar-refractivity contribution in [3.63, 3.8) is 0 Å². The third kappa shape index (κ3) is 11.4. The summed E-state index contributed by atoms with van der Waals surface area (Å²) in [6.45, 7) is 12.4. The van der Waals surface area contributed by atoms with Gasteiger partial charge in [0.2, 0.25) is 0 Å². The topological polar surface area (TPSA) is 172 Å². The first-order valence-corrected chi connectivity index (χ1v) is 21.2. The molecule has 0 atom stereocenters. The molecule has 0 unspecified atom stereocenters. The van der Waals surface area contributed by atoms with Gasteiger partial charge in [0.05, 0.1) is 40.6 Å². The number of nitrogens with zero attached hydrogens (tertiary/aromatic N) is 7.